The van der Waals surface area contributed by atoms with Crippen molar-refractivity contribution in [2.75, 3.05) is 0 Å². The van der Waals surface area contributed by atoms with Crippen LogP contribution in [0.25, 0.3) is 11.3 Å². The van der Waals surface area contributed by atoms with Crippen LogP contribution in [0.2, 0.25) is 0 Å². The van der Waals surface area contributed by atoms with Crippen molar-refractivity contribution < 1.29 is 18.3 Å². The molecule has 1 heterocycles. The Labute approximate surface area is 165 Å². The molecule has 0 fully saturated rings. The average Bonchev–Trinajstić information content (AvgIpc) is 2.66. The number of alkyl halides is 3. The Morgan fingerprint density at radius 1 is 0.893 bits per heavy atom. The SMILES string of the molecule is CCCCCCCCC[C@@H](O)c1ccc(-c2ccc(C)cc2)nc1C(F)(F)F. The van der Waals surface area contributed by atoms with E-state index in [4.69, 9.17) is 0 Å². The number of pyridine rings is 1. The highest BCUT2D eigenvalue weighted by molar-refractivity contribution is 5.60. The largest absolute Gasteiger partial charge is 0.433 e. The molecule has 1 atom stereocenters. The summed E-state index contributed by atoms with van der Waals surface area (Å²) in [6.07, 6.45) is 2.02. The summed E-state index contributed by atoms with van der Waals surface area (Å²) >= 11 is 0. The number of aromatic nitrogens is 1. The zero-order chi connectivity index (χ0) is 20.6. The van der Waals surface area contributed by atoms with Crippen LogP contribution >= 0.6 is 0 Å². The van der Waals surface area contributed by atoms with Gasteiger partial charge in [0.2, 0.25) is 0 Å². The second-order valence-electron chi connectivity index (χ2n) is 7.42. The summed E-state index contributed by atoms with van der Waals surface area (Å²) in [6.45, 7) is 4.08. The number of aliphatic hydroxyl groups is 1. The molecule has 0 bridgehead atoms. The van der Waals surface area contributed by atoms with Gasteiger partial charge in [-0.1, -0.05) is 87.8 Å². The van der Waals surface area contributed by atoms with Crippen LogP contribution in [-0.2, 0) is 6.18 Å². The summed E-state index contributed by atoms with van der Waals surface area (Å²) in [5.74, 6) is 0. The van der Waals surface area contributed by atoms with Gasteiger partial charge in [0.05, 0.1) is 11.8 Å². The number of benzene rings is 1. The fraction of sp³-hybridized carbons (Fsp3) is 0.522. The lowest BCUT2D eigenvalue weighted by Gasteiger charge is -2.18. The van der Waals surface area contributed by atoms with Crippen LogP contribution in [0, 0.1) is 6.92 Å². The lowest BCUT2D eigenvalue weighted by molar-refractivity contribution is -0.142. The molecule has 154 valence electrons. The van der Waals surface area contributed by atoms with Crippen LogP contribution in [0.5, 0.6) is 0 Å². The van der Waals surface area contributed by atoms with Crippen LogP contribution in [0.4, 0.5) is 13.2 Å². The zero-order valence-electron chi connectivity index (χ0n) is 16.7. The Kier molecular flexibility index (Phi) is 8.49. The van der Waals surface area contributed by atoms with Crippen LogP contribution in [0.3, 0.4) is 0 Å². The van der Waals surface area contributed by atoms with Gasteiger partial charge in [-0.15, -0.1) is 0 Å². The number of aryl methyl sites for hydroxylation is 1. The minimum absolute atomic E-state index is 0.130. The van der Waals surface area contributed by atoms with E-state index in [9.17, 15) is 18.3 Å². The van der Waals surface area contributed by atoms with Crippen LogP contribution in [0.1, 0.15) is 81.2 Å². The quantitative estimate of drug-likeness (QED) is 0.431. The summed E-state index contributed by atoms with van der Waals surface area (Å²) < 4.78 is 40.7. The van der Waals surface area contributed by atoms with Crippen LogP contribution in [0.15, 0.2) is 36.4 Å². The molecule has 1 aromatic carbocycles. The fourth-order valence-electron chi connectivity index (χ4n) is 3.30. The summed E-state index contributed by atoms with van der Waals surface area (Å²) in [6, 6.07) is 10.1. The Hall–Kier alpha value is -1.88. The second kappa shape index (κ2) is 10.6. The molecule has 28 heavy (non-hydrogen) atoms. The van der Waals surface area contributed by atoms with Gasteiger partial charge in [0.1, 0.15) is 0 Å². The lowest BCUT2D eigenvalue weighted by atomic mass is 9.99. The molecule has 0 saturated heterocycles. The van der Waals surface area contributed by atoms with E-state index in [1.807, 2.05) is 19.1 Å². The number of aliphatic hydroxyl groups excluding tert-OH is 1. The molecule has 2 aromatic rings. The van der Waals surface area contributed by atoms with E-state index >= 15 is 0 Å². The predicted octanol–water partition coefficient (Wildman–Crippen LogP) is 7.25. The fourth-order valence-corrected chi connectivity index (χ4v) is 3.30. The van der Waals surface area contributed by atoms with Crippen LogP contribution < -0.4 is 0 Å². The highest BCUT2D eigenvalue weighted by atomic mass is 19.4. The maximum absolute atomic E-state index is 13.6. The van der Waals surface area contributed by atoms with Gasteiger partial charge in [-0.25, -0.2) is 4.98 Å². The molecule has 0 amide bonds. The van der Waals surface area contributed by atoms with Gasteiger partial charge in [0.25, 0.3) is 0 Å². The van der Waals surface area contributed by atoms with Gasteiger partial charge in [0.15, 0.2) is 5.69 Å². The molecule has 2 nitrogen and oxygen atoms in total. The van der Waals surface area contributed by atoms with E-state index in [2.05, 4.69) is 11.9 Å². The van der Waals surface area contributed by atoms with E-state index in [-0.39, 0.29) is 11.3 Å². The molecule has 1 N–H and O–H groups in total. The van der Waals surface area contributed by atoms with Gasteiger partial charge >= 0.3 is 6.18 Å². The number of unbranched alkanes of at least 4 members (excludes halogenated alkanes) is 6. The van der Waals surface area contributed by atoms with Crippen molar-refractivity contribution in [2.45, 2.75) is 77.5 Å². The Balaban J connectivity index is 2.07. The molecule has 2 rings (SSSR count). The molecule has 0 aliphatic rings. The van der Waals surface area contributed by atoms with Crippen molar-refractivity contribution in [1.82, 2.24) is 4.98 Å². The number of halogens is 3. The van der Waals surface area contributed by atoms with Gasteiger partial charge < -0.3 is 5.11 Å². The standard InChI is InChI=1S/C23H30F3NO/c1-3-4-5-6-7-8-9-10-21(28)19-15-16-20(27-22(19)23(24,25)26)18-13-11-17(2)12-14-18/h11-16,21,28H,3-10H2,1-2H3/t21-/m1/s1. The van der Waals surface area contributed by atoms with E-state index < -0.39 is 18.0 Å². The van der Waals surface area contributed by atoms with Crippen molar-refractivity contribution in [3.05, 3.63) is 53.2 Å². The second-order valence-corrected chi connectivity index (χ2v) is 7.42. The molecular formula is C23H30F3NO. The van der Waals surface area contributed by atoms with E-state index in [1.54, 1.807) is 18.2 Å². The van der Waals surface area contributed by atoms with Crippen molar-refractivity contribution in [1.29, 1.82) is 0 Å². The van der Waals surface area contributed by atoms with Crippen molar-refractivity contribution in [3.8, 4) is 11.3 Å². The molecular weight excluding hydrogens is 363 g/mol. The minimum atomic E-state index is -4.60. The first kappa shape index (κ1) is 22.4. The van der Waals surface area contributed by atoms with Crippen molar-refractivity contribution >= 4 is 0 Å². The molecule has 5 heteroatoms. The first-order valence-electron chi connectivity index (χ1n) is 10.2. The van der Waals surface area contributed by atoms with Gasteiger partial charge in [-0.05, 0) is 19.4 Å². The van der Waals surface area contributed by atoms with Gasteiger partial charge in [-0.3, -0.25) is 0 Å². The average molecular weight is 393 g/mol. The first-order chi connectivity index (χ1) is 13.3. The highest BCUT2D eigenvalue weighted by Crippen LogP contribution is 2.36. The van der Waals surface area contributed by atoms with Gasteiger partial charge in [0, 0.05) is 11.1 Å². The Morgan fingerprint density at radius 2 is 1.50 bits per heavy atom. The number of hydrogen-bond acceptors (Lipinski definition) is 2. The normalized spacial score (nSPS) is 12.9. The maximum Gasteiger partial charge on any atom is 0.433 e. The van der Waals surface area contributed by atoms with Crippen LogP contribution in [-0.4, -0.2) is 10.1 Å². The topological polar surface area (TPSA) is 33.1 Å². The molecule has 1 aromatic heterocycles. The smallest absolute Gasteiger partial charge is 0.388 e. The Morgan fingerprint density at radius 3 is 2.11 bits per heavy atom. The summed E-state index contributed by atoms with van der Waals surface area (Å²) in [7, 11) is 0. The molecule has 0 aliphatic heterocycles. The number of rotatable bonds is 10. The zero-order valence-corrected chi connectivity index (χ0v) is 16.7. The van der Waals surface area contributed by atoms with Crippen molar-refractivity contribution in [3.63, 3.8) is 0 Å². The first-order valence-corrected chi connectivity index (χ1v) is 10.2. The summed E-state index contributed by atoms with van der Waals surface area (Å²) in [4.78, 5) is 3.86. The summed E-state index contributed by atoms with van der Waals surface area (Å²) in [5, 5.41) is 10.4. The molecule has 0 unspecified atom stereocenters. The molecule has 0 radical (unpaired) electrons. The highest BCUT2D eigenvalue weighted by Gasteiger charge is 2.37. The number of hydrogen-bond donors (Lipinski definition) is 1. The van der Waals surface area contributed by atoms with Crippen molar-refractivity contribution in [2.24, 2.45) is 0 Å². The monoisotopic (exact) mass is 393 g/mol. The third-order valence-corrected chi connectivity index (χ3v) is 4.98. The van der Waals surface area contributed by atoms with E-state index in [0.717, 1.165) is 24.8 Å². The van der Waals surface area contributed by atoms with E-state index in [0.29, 0.717) is 18.4 Å². The molecule has 0 spiro atoms. The number of nitrogens with zero attached hydrogens (tertiary/aromatic N) is 1. The predicted molar refractivity (Wildman–Crippen MR) is 107 cm³/mol. The third kappa shape index (κ3) is 6.62. The third-order valence-electron chi connectivity index (χ3n) is 4.98. The molecule has 0 aliphatic carbocycles. The maximum atomic E-state index is 13.6. The minimum Gasteiger partial charge on any atom is -0.388 e. The van der Waals surface area contributed by atoms with E-state index in [1.165, 1.54) is 25.3 Å². The Bertz CT molecular complexity index is 726. The summed E-state index contributed by atoms with van der Waals surface area (Å²) in [5.41, 5.74) is 0.806. The van der Waals surface area contributed by atoms with Gasteiger partial charge in [-0.2, -0.15) is 13.2 Å². The lowest BCUT2D eigenvalue weighted by Crippen LogP contribution is -2.15. The molecule has 0 saturated carbocycles.